The van der Waals surface area contributed by atoms with Gasteiger partial charge in [-0.15, -0.1) is 0 Å². The maximum absolute atomic E-state index is 9.15. The molecule has 1 aliphatic carbocycles. The third-order valence-electron chi connectivity index (χ3n) is 3.42. The van der Waals surface area contributed by atoms with Crippen LogP contribution >= 0.6 is 11.8 Å². The summed E-state index contributed by atoms with van der Waals surface area (Å²) in [6.07, 6.45) is 8.00. The molecule has 2 unspecified atom stereocenters. The van der Waals surface area contributed by atoms with Gasteiger partial charge in [-0.05, 0) is 37.4 Å². The van der Waals surface area contributed by atoms with Gasteiger partial charge in [0.25, 0.3) is 0 Å². The van der Waals surface area contributed by atoms with Crippen LogP contribution in [0.5, 0.6) is 0 Å². The lowest BCUT2D eigenvalue weighted by atomic mass is 9.74. The molecule has 72 valence electrons. The number of thioether (sulfide) groups is 1. The Morgan fingerprint density at radius 1 is 1.15 bits per heavy atom. The van der Waals surface area contributed by atoms with E-state index >= 15 is 0 Å². The highest BCUT2D eigenvalue weighted by molar-refractivity contribution is 7.99. The Morgan fingerprint density at radius 2 is 2.00 bits per heavy atom. The second-order valence-electron chi connectivity index (χ2n) is 4.25. The third kappa shape index (κ3) is 2.02. The van der Waals surface area contributed by atoms with Gasteiger partial charge in [-0.25, -0.2) is 0 Å². The monoisotopic (exact) mass is 195 g/mol. The zero-order valence-corrected chi connectivity index (χ0v) is 8.85. The molecule has 13 heavy (non-hydrogen) atoms. The van der Waals surface area contributed by atoms with Crippen molar-refractivity contribution >= 4 is 11.8 Å². The zero-order valence-electron chi connectivity index (χ0n) is 8.04. The highest BCUT2D eigenvalue weighted by Gasteiger charge is 2.34. The molecule has 1 heterocycles. The van der Waals surface area contributed by atoms with Gasteiger partial charge in [-0.1, -0.05) is 12.8 Å². The van der Waals surface area contributed by atoms with Gasteiger partial charge < -0.3 is 0 Å². The van der Waals surface area contributed by atoms with Crippen molar-refractivity contribution < 1.29 is 0 Å². The van der Waals surface area contributed by atoms with E-state index in [2.05, 4.69) is 17.8 Å². The first-order chi connectivity index (χ1) is 6.42. The minimum absolute atomic E-state index is 0.374. The van der Waals surface area contributed by atoms with Crippen LogP contribution in [0.2, 0.25) is 0 Å². The standard InChI is InChI=1S/C11H17NS/c12-8-10(9-4-3-5-9)11-6-1-2-7-13-11/h9-11H,1-7H2. The summed E-state index contributed by atoms with van der Waals surface area (Å²) in [5.41, 5.74) is 0. The van der Waals surface area contributed by atoms with Crippen LogP contribution in [0.1, 0.15) is 38.5 Å². The Kier molecular flexibility index (Phi) is 3.16. The van der Waals surface area contributed by atoms with Crippen molar-refractivity contribution in [2.24, 2.45) is 11.8 Å². The normalized spacial score (nSPS) is 31.8. The molecule has 2 fully saturated rings. The molecule has 2 heteroatoms. The van der Waals surface area contributed by atoms with Gasteiger partial charge in [0.1, 0.15) is 0 Å². The summed E-state index contributed by atoms with van der Waals surface area (Å²) in [6, 6.07) is 2.55. The number of hydrogen-bond donors (Lipinski definition) is 0. The molecule has 2 rings (SSSR count). The molecule has 1 saturated heterocycles. The smallest absolute Gasteiger partial charge is 0.0670 e. The Hall–Kier alpha value is -0.160. The van der Waals surface area contributed by atoms with Gasteiger partial charge in [-0.2, -0.15) is 17.0 Å². The molecule has 0 aromatic carbocycles. The lowest BCUT2D eigenvalue weighted by molar-refractivity contribution is 0.237. The van der Waals surface area contributed by atoms with Crippen molar-refractivity contribution in [2.75, 3.05) is 5.75 Å². The van der Waals surface area contributed by atoms with E-state index in [9.17, 15) is 0 Å². The fourth-order valence-corrected chi connectivity index (χ4v) is 3.84. The fourth-order valence-electron chi connectivity index (χ4n) is 2.34. The van der Waals surface area contributed by atoms with Crippen LogP contribution in [0.4, 0.5) is 0 Å². The van der Waals surface area contributed by atoms with E-state index in [4.69, 9.17) is 5.26 Å². The predicted molar refractivity (Wildman–Crippen MR) is 56.5 cm³/mol. The molecule has 0 bridgehead atoms. The van der Waals surface area contributed by atoms with E-state index in [1.165, 1.54) is 44.3 Å². The Balaban J connectivity index is 1.90. The van der Waals surface area contributed by atoms with Crippen molar-refractivity contribution in [3.63, 3.8) is 0 Å². The molecule has 2 aliphatic rings. The van der Waals surface area contributed by atoms with Crippen LogP contribution in [0, 0.1) is 23.2 Å². The Bertz CT molecular complexity index is 199. The van der Waals surface area contributed by atoms with Crippen LogP contribution in [0.15, 0.2) is 0 Å². The summed E-state index contributed by atoms with van der Waals surface area (Å²) >= 11 is 2.05. The third-order valence-corrected chi connectivity index (χ3v) is 4.90. The van der Waals surface area contributed by atoms with Crippen molar-refractivity contribution in [1.82, 2.24) is 0 Å². The maximum atomic E-state index is 9.15. The highest BCUT2D eigenvalue weighted by atomic mass is 32.2. The second-order valence-corrected chi connectivity index (χ2v) is 5.60. The van der Waals surface area contributed by atoms with E-state index in [0.717, 1.165) is 5.92 Å². The second kappa shape index (κ2) is 4.37. The first-order valence-electron chi connectivity index (χ1n) is 5.43. The van der Waals surface area contributed by atoms with Gasteiger partial charge in [-0.3, -0.25) is 0 Å². The number of hydrogen-bond acceptors (Lipinski definition) is 2. The molecule has 0 aromatic heterocycles. The van der Waals surface area contributed by atoms with Crippen LogP contribution in [-0.4, -0.2) is 11.0 Å². The van der Waals surface area contributed by atoms with Gasteiger partial charge in [0.05, 0.1) is 12.0 Å². The van der Waals surface area contributed by atoms with Crippen LogP contribution in [-0.2, 0) is 0 Å². The summed E-state index contributed by atoms with van der Waals surface area (Å²) in [5.74, 6) is 2.41. The molecule has 2 atom stereocenters. The van der Waals surface area contributed by atoms with Crippen molar-refractivity contribution in [3.8, 4) is 6.07 Å². The average molecular weight is 195 g/mol. The largest absolute Gasteiger partial charge is 0.198 e. The predicted octanol–water partition coefficient (Wildman–Crippen LogP) is 3.21. The summed E-state index contributed by atoms with van der Waals surface area (Å²) < 4.78 is 0. The molecule has 0 spiro atoms. The molecule has 0 amide bonds. The quantitative estimate of drug-likeness (QED) is 0.675. The molecular formula is C11H17NS. The van der Waals surface area contributed by atoms with Gasteiger partial charge in [0.2, 0.25) is 0 Å². The Labute approximate surface area is 84.9 Å². The van der Waals surface area contributed by atoms with Gasteiger partial charge >= 0.3 is 0 Å². The summed E-state index contributed by atoms with van der Waals surface area (Å²) in [7, 11) is 0. The summed E-state index contributed by atoms with van der Waals surface area (Å²) in [5, 5.41) is 9.82. The topological polar surface area (TPSA) is 23.8 Å². The average Bonchev–Trinajstić information content (AvgIpc) is 2.12. The molecule has 1 saturated carbocycles. The molecule has 0 aromatic rings. The van der Waals surface area contributed by atoms with Crippen molar-refractivity contribution in [2.45, 2.75) is 43.8 Å². The zero-order chi connectivity index (χ0) is 9.10. The number of nitriles is 1. The van der Waals surface area contributed by atoms with E-state index in [-0.39, 0.29) is 0 Å². The summed E-state index contributed by atoms with van der Waals surface area (Å²) in [4.78, 5) is 0. The first-order valence-corrected chi connectivity index (χ1v) is 6.48. The lowest BCUT2D eigenvalue weighted by Gasteiger charge is -2.35. The van der Waals surface area contributed by atoms with E-state index in [1.54, 1.807) is 0 Å². The maximum Gasteiger partial charge on any atom is 0.0670 e. The van der Waals surface area contributed by atoms with E-state index in [0.29, 0.717) is 11.2 Å². The first kappa shape index (κ1) is 9.40. The van der Waals surface area contributed by atoms with Crippen molar-refractivity contribution in [1.29, 1.82) is 5.26 Å². The van der Waals surface area contributed by atoms with E-state index in [1.807, 2.05) is 0 Å². The highest BCUT2D eigenvalue weighted by Crippen LogP contribution is 2.41. The number of nitrogens with zero attached hydrogens (tertiary/aromatic N) is 1. The number of rotatable bonds is 2. The van der Waals surface area contributed by atoms with Gasteiger partial charge in [0.15, 0.2) is 0 Å². The lowest BCUT2D eigenvalue weighted by Crippen LogP contribution is -2.30. The van der Waals surface area contributed by atoms with Crippen LogP contribution < -0.4 is 0 Å². The van der Waals surface area contributed by atoms with Crippen molar-refractivity contribution in [3.05, 3.63) is 0 Å². The fraction of sp³-hybridized carbons (Fsp3) is 0.909. The minimum Gasteiger partial charge on any atom is -0.198 e. The van der Waals surface area contributed by atoms with Gasteiger partial charge in [0, 0.05) is 5.25 Å². The Morgan fingerprint density at radius 3 is 2.46 bits per heavy atom. The molecule has 1 aliphatic heterocycles. The SMILES string of the molecule is N#CC(C1CCC1)C1CCCCS1. The van der Waals surface area contributed by atoms with E-state index < -0.39 is 0 Å². The van der Waals surface area contributed by atoms with Crippen LogP contribution in [0.25, 0.3) is 0 Å². The molecular weight excluding hydrogens is 178 g/mol. The molecule has 0 N–H and O–H groups in total. The van der Waals surface area contributed by atoms with Crippen LogP contribution in [0.3, 0.4) is 0 Å². The summed E-state index contributed by atoms with van der Waals surface area (Å²) in [6.45, 7) is 0. The minimum atomic E-state index is 0.374. The molecule has 1 nitrogen and oxygen atoms in total. The molecule has 0 radical (unpaired) electrons.